The number of sulfonamides is 1. The first kappa shape index (κ1) is 28.9. The van der Waals surface area contributed by atoms with Gasteiger partial charge in [0.1, 0.15) is 23.4 Å². The molecule has 2 N–H and O–H groups in total. The molecule has 9 nitrogen and oxygen atoms in total. The van der Waals surface area contributed by atoms with Gasteiger partial charge in [0.25, 0.3) is 0 Å². The van der Waals surface area contributed by atoms with Gasteiger partial charge in [0, 0.05) is 50.9 Å². The number of carbonyl (C=O) groups is 1. The molecule has 1 unspecified atom stereocenters. The van der Waals surface area contributed by atoms with E-state index >= 15 is 0 Å². The van der Waals surface area contributed by atoms with Gasteiger partial charge in [-0.25, -0.2) is 8.42 Å². The standard InChI is InChI=1S/C28H35ClN4O5S/c1-3-6-22(10-13-30)38-23-11-15-32(16-12-23)27(34)20-37-19-26-25-9-5-14-31(25)17-18-33(26)39(35,36)28-21(2)7-4-8-24(28)29/h3-10,13-14,23,26H,1,11-12,15-20,30H2,2H3/b13-10-,22-6+. The van der Waals surface area contributed by atoms with E-state index in [1.54, 1.807) is 48.3 Å². The summed E-state index contributed by atoms with van der Waals surface area (Å²) >= 11 is 6.34. The Balaban J connectivity index is 1.39. The fourth-order valence-electron chi connectivity index (χ4n) is 5.07. The minimum Gasteiger partial charge on any atom is -0.490 e. The van der Waals surface area contributed by atoms with Crippen LogP contribution in [0, 0.1) is 6.92 Å². The molecule has 210 valence electrons. The number of likely N-dealkylation sites (tertiary alicyclic amines) is 1. The van der Waals surface area contributed by atoms with Crippen molar-refractivity contribution in [2.24, 2.45) is 5.73 Å². The molecule has 4 rings (SSSR count). The zero-order valence-electron chi connectivity index (χ0n) is 22.0. The van der Waals surface area contributed by atoms with Crippen LogP contribution in [-0.4, -0.2) is 67.0 Å². The summed E-state index contributed by atoms with van der Waals surface area (Å²) in [4.78, 5) is 14.8. The molecule has 2 aromatic rings. The second kappa shape index (κ2) is 12.9. The molecule has 11 heteroatoms. The molecule has 39 heavy (non-hydrogen) atoms. The van der Waals surface area contributed by atoms with Gasteiger partial charge in [-0.1, -0.05) is 36.4 Å². The molecule has 0 saturated carbocycles. The number of amides is 1. The summed E-state index contributed by atoms with van der Waals surface area (Å²) in [6.07, 6.45) is 9.71. The summed E-state index contributed by atoms with van der Waals surface area (Å²) in [5, 5.41) is 0.185. The van der Waals surface area contributed by atoms with E-state index in [-0.39, 0.29) is 41.7 Å². The maximum Gasteiger partial charge on any atom is 0.248 e. The fraction of sp³-hybridized carbons (Fsp3) is 0.393. The average molecular weight is 575 g/mol. The summed E-state index contributed by atoms with van der Waals surface area (Å²) in [7, 11) is -3.91. The van der Waals surface area contributed by atoms with Crippen molar-refractivity contribution in [3.63, 3.8) is 0 Å². The van der Waals surface area contributed by atoms with E-state index in [4.69, 9.17) is 26.8 Å². The SMILES string of the molecule is C=C/C=C(\C=C/N)OC1CCN(C(=O)COCC2c3cccn3CCN2S(=O)(=O)c2c(C)cccc2Cl)CC1. The monoisotopic (exact) mass is 574 g/mol. The van der Waals surface area contributed by atoms with Crippen molar-refractivity contribution in [1.29, 1.82) is 0 Å². The van der Waals surface area contributed by atoms with E-state index in [2.05, 4.69) is 6.58 Å². The number of rotatable bonds is 10. The molecule has 0 aliphatic carbocycles. The highest BCUT2D eigenvalue weighted by Crippen LogP contribution is 2.35. The normalized spacial score (nSPS) is 19.3. The maximum atomic E-state index is 13.8. The number of fused-ring (bicyclic) bond motifs is 1. The Labute approximate surface area is 235 Å². The van der Waals surface area contributed by atoms with Crippen LogP contribution in [0.1, 0.15) is 30.1 Å². The second-order valence-electron chi connectivity index (χ2n) is 9.52. The maximum absolute atomic E-state index is 13.8. The summed E-state index contributed by atoms with van der Waals surface area (Å²) in [6, 6.07) is 8.22. The number of ether oxygens (including phenoxy) is 2. The molecule has 1 atom stereocenters. The lowest BCUT2D eigenvalue weighted by molar-refractivity contribution is -0.138. The molecule has 0 radical (unpaired) electrons. The Bertz CT molecular complexity index is 1330. The molecular formula is C28H35ClN4O5S. The summed E-state index contributed by atoms with van der Waals surface area (Å²) < 4.78 is 42.8. The number of aryl methyl sites for hydroxylation is 1. The number of benzene rings is 1. The predicted octanol–water partition coefficient (Wildman–Crippen LogP) is 3.76. The Morgan fingerprint density at radius 3 is 2.64 bits per heavy atom. The molecule has 1 fully saturated rings. The van der Waals surface area contributed by atoms with Crippen molar-refractivity contribution in [3.05, 3.63) is 89.6 Å². The highest BCUT2D eigenvalue weighted by Gasteiger charge is 2.38. The van der Waals surface area contributed by atoms with Gasteiger partial charge in [-0.3, -0.25) is 4.79 Å². The number of aromatic nitrogens is 1. The van der Waals surface area contributed by atoms with Crippen molar-refractivity contribution in [2.75, 3.05) is 32.8 Å². The van der Waals surface area contributed by atoms with Gasteiger partial charge in [0.2, 0.25) is 15.9 Å². The van der Waals surface area contributed by atoms with E-state index in [1.165, 1.54) is 10.5 Å². The van der Waals surface area contributed by atoms with Gasteiger partial charge in [-0.05, 0) is 49.0 Å². The topological polar surface area (TPSA) is 107 Å². The third kappa shape index (κ3) is 6.58. The molecular weight excluding hydrogens is 540 g/mol. The van der Waals surface area contributed by atoms with E-state index < -0.39 is 16.1 Å². The lowest BCUT2D eigenvalue weighted by atomic mass is 10.1. The van der Waals surface area contributed by atoms with E-state index in [1.807, 2.05) is 22.9 Å². The van der Waals surface area contributed by atoms with Gasteiger partial charge in [0.15, 0.2) is 0 Å². The number of piperidine rings is 1. The first-order chi connectivity index (χ1) is 18.8. The second-order valence-corrected chi connectivity index (χ2v) is 11.8. The number of carbonyl (C=O) groups excluding carboxylic acids is 1. The van der Waals surface area contributed by atoms with E-state index in [0.717, 1.165) is 5.69 Å². The molecule has 1 saturated heterocycles. The fourth-order valence-corrected chi connectivity index (χ4v) is 7.43. The quantitative estimate of drug-likeness (QED) is 0.342. The average Bonchev–Trinajstić information content (AvgIpc) is 3.38. The van der Waals surface area contributed by atoms with Crippen LogP contribution in [0.3, 0.4) is 0 Å². The Hall–Kier alpha value is -3.05. The molecule has 1 amide bonds. The minimum atomic E-state index is -3.91. The van der Waals surface area contributed by atoms with Crippen LogP contribution >= 0.6 is 11.6 Å². The van der Waals surface area contributed by atoms with Crippen LogP contribution in [-0.2, 0) is 30.8 Å². The lowest BCUT2D eigenvalue weighted by Crippen LogP contribution is -2.45. The largest absolute Gasteiger partial charge is 0.490 e. The number of nitrogens with zero attached hydrogens (tertiary/aromatic N) is 3. The van der Waals surface area contributed by atoms with Crippen LogP contribution in [0.15, 0.2) is 78.2 Å². The van der Waals surface area contributed by atoms with Crippen molar-refractivity contribution in [1.82, 2.24) is 13.8 Å². The Kier molecular flexibility index (Phi) is 9.55. The van der Waals surface area contributed by atoms with Crippen molar-refractivity contribution < 1.29 is 22.7 Å². The number of hydrogen-bond donors (Lipinski definition) is 1. The van der Waals surface area contributed by atoms with Crippen LogP contribution in [0.2, 0.25) is 5.02 Å². The smallest absolute Gasteiger partial charge is 0.248 e. The molecule has 1 aromatic heterocycles. The zero-order chi connectivity index (χ0) is 28.0. The Morgan fingerprint density at radius 1 is 1.18 bits per heavy atom. The van der Waals surface area contributed by atoms with E-state index in [0.29, 0.717) is 43.8 Å². The van der Waals surface area contributed by atoms with Gasteiger partial charge in [-0.15, -0.1) is 0 Å². The highest BCUT2D eigenvalue weighted by molar-refractivity contribution is 7.89. The number of nitrogens with two attached hydrogens (primary N) is 1. The van der Waals surface area contributed by atoms with Gasteiger partial charge >= 0.3 is 0 Å². The first-order valence-electron chi connectivity index (χ1n) is 12.9. The number of halogens is 1. The van der Waals surface area contributed by atoms with Crippen molar-refractivity contribution in [2.45, 2.75) is 43.4 Å². The van der Waals surface area contributed by atoms with Crippen LogP contribution in [0.4, 0.5) is 0 Å². The van der Waals surface area contributed by atoms with E-state index in [9.17, 15) is 13.2 Å². The van der Waals surface area contributed by atoms with Crippen molar-refractivity contribution >= 4 is 27.5 Å². The van der Waals surface area contributed by atoms with Crippen LogP contribution < -0.4 is 5.73 Å². The minimum absolute atomic E-state index is 0.0283. The summed E-state index contributed by atoms with van der Waals surface area (Å²) in [6.45, 7) is 7.18. The molecule has 1 aromatic carbocycles. The predicted molar refractivity (Wildman–Crippen MR) is 150 cm³/mol. The molecule has 2 aliphatic rings. The third-order valence-electron chi connectivity index (χ3n) is 6.99. The van der Waals surface area contributed by atoms with Crippen LogP contribution in [0.25, 0.3) is 0 Å². The zero-order valence-corrected chi connectivity index (χ0v) is 23.6. The molecule has 2 aliphatic heterocycles. The molecule has 0 bridgehead atoms. The molecule has 0 spiro atoms. The van der Waals surface area contributed by atoms with Gasteiger partial charge < -0.3 is 24.7 Å². The lowest BCUT2D eigenvalue weighted by Gasteiger charge is -2.36. The highest BCUT2D eigenvalue weighted by atomic mass is 35.5. The van der Waals surface area contributed by atoms with Gasteiger partial charge in [-0.2, -0.15) is 4.31 Å². The van der Waals surface area contributed by atoms with Crippen molar-refractivity contribution in [3.8, 4) is 0 Å². The summed E-state index contributed by atoms with van der Waals surface area (Å²) in [5.74, 6) is 0.490. The third-order valence-corrected chi connectivity index (χ3v) is 9.53. The summed E-state index contributed by atoms with van der Waals surface area (Å²) in [5.41, 5.74) is 6.87. The number of allylic oxidation sites excluding steroid dienone is 3. The van der Waals surface area contributed by atoms with Gasteiger partial charge in [0.05, 0.1) is 17.7 Å². The number of hydrogen-bond acceptors (Lipinski definition) is 6. The van der Waals surface area contributed by atoms with Crippen LogP contribution in [0.5, 0.6) is 0 Å². The molecule has 3 heterocycles. The Morgan fingerprint density at radius 2 is 1.95 bits per heavy atom. The first-order valence-corrected chi connectivity index (χ1v) is 14.7.